The van der Waals surface area contributed by atoms with Crippen molar-refractivity contribution in [2.24, 2.45) is 0 Å². The highest BCUT2D eigenvalue weighted by molar-refractivity contribution is 9.09. The van der Waals surface area contributed by atoms with Crippen molar-refractivity contribution in [2.45, 2.75) is 4.83 Å². The number of hydrogen-bond acceptors (Lipinski definition) is 2. The number of pyridine rings is 1. The van der Waals surface area contributed by atoms with E-state index in [1.807, 2.05) is 12.3 Å². The molecular weight excluding hydrogens is 232 g/mol. The number of amides is 1. The zero-order valence-electron chi connectivity index (χ0n) is 7.07. The van der Waals surface area contributed by atoms with Crippen molar-refractivity contribution in [3.8, 4) is 0 Å². The molecule has 0 aliphatic carbocycles. The van der Waals surface area contributed by atoms with Gasteiger partial charge >= 0.3 is 5.91 Å². The van der Waals surface area contributed by atoms with Crippen molar-refractivity contribution < 1.29 is 9.37 Å². The number of halogens is 1. The minimum atomic E-state index is -0.00111. The number of fused-ring (bicyclic) bond motifs is 1. The molecule has 2 rings (SSSR count). The van der Waals surface area contributed by atoms with Gasteiger partial charge in [-0.05, 0) is 11.6 Å². The van der Waals surface area contributed by atoms with Gasteiger partial charge in [-0.1, -0.05) is 15.9 Å². The van der Waals surface area contributed by atoms with Crippen LogP contribution in [-0.2, 0) is 0 Å². The second kappa shape index (κ2) is 3.03. The summed E-state index contributed by atoms with van der Waals surface area (Å²) in [6.07, 6.45) is 5.14. The molecule has 2 heterocycles. The lowest BCUT2D eigenvalue weighted by atomic mass is 10.0. The van der Waals surface area contributed by atoms with Crippen molar-refractivity contribution in [3.63, 3.8) is 0 Å². The van der Waals surface area contributed by atoms with Crippen molar-refractivity contribution >= 4 is 28.1 Å². The van der Waals surface area contributed by atoms with Gasteiger partial charge in [-0.3, -0.25) is 4.98 Å². The quantitative estimate of drug-likeness (QED) is 0.507. The van der Waals surface area contributed by atoms with Crippen LogP contribution in [-0.4, -0.2) is 28.7 Å². The van der Waals surface area contributed by atoms with Crippen LogP contribution in [0.3, 0.4) is 0 Å². The largest absolute Gasteiger partial charge is 0.420 e. The summed E-state index contributed by atoms with van der Waals surface area (Å²) < 4.78 is 1.57. The second-order valence-corrected chi connectivity index (χ2v) is 3.92. The molecule has 1 aliphatic rings. The Morgan fingerprint density at radius 1 is 1.62 bits per heavy atom. The first-order valence-electron chi connectivity index (χ1n) is 3.90. The second-order valence-electron chi connectivity index (χ2n) is 2.93. The van der Waals surface area contributed by atoms with Gasteiger partial charge in [0.05, 0.1) is 0 Å². The number of aromatic nitrogens is 1. The van der Waals surface area contributed by atoms with Crippen molar-refractivity contribution in [2.75, 3.05) is 7.05 Å². The Morgan fingerprint density at radius 3 is 3.15 bits per heavy atom. The third-order valence-electron chi connectivity index (χ3n) is 2.06. The minimum absolute atomic E-state index is 0.00111. The average molecular weight is 240 g/mol. The summed E-state index contributed by atoms with van der Waals surface area (Å²) in [6.45, 7) is 0. The van der Waals surface area contributed by atoms with Crippen LogP contribution in [0.4, 0.5) is 0 Å². The van der Waals surface area contributed by atoms with E-state index in [4.69, 9.17) is 0 Å². The van der Waals surface area contributed by atoms with Crippen LogP contribution in [0, 0.1) is 0 Å². The normalized spacial score (nSPS) is 20.9. The number of alkyl halides is 1. The smallest absolute Gasteiger partial charge is 0.264 e. The Bertz CT molecular complexity index is 400. The van der Waals surface area contributed by atoms with Crippen LogP contribution in [0.25, 0.3) is 0 Å². The summed E-state index contributed by atoms with van der Waals surface area (Å²) in [7, 11) is 1.74. The highest BCUT2D eigenvalue weighted by Gasteiger charge is 2.29. The van der Waals surface area contributed by atoms with Gasteiger partial charge in [0, 0.05) is 12.4 Å². The van der Waals surface area contributed by atoms with E-state index in [1.54, 1.807) is 24.0 Å². The van der Waals surface area contributed by atoms with E-state index in [9.17, 15) is 4.79 Å². The topological polar surface area (TPSA) is 33.0 Å². The lowest BCUT2D eigenvalue weighted by molar-refractivity contribution is -0.391. The first-order chi connectivity index (χ1) is 6.20. The molecule has 3 nitrogen and oxygen atoms in total. The van der Waals surface area contributed by atoms with Gasteiger partial charge in [-0.15, -0.1) is 0 Å². The molecule has 1 amide bonds. The maximum absolute atomic E-state index is 11.6. The Labute approximate surface area is 84.2 Å². The van der Waals surface area contributed by atoms with Crippen molar-refractivity contribution in [3.05, 3.63) is 29.6 Å². The van der Waals surface area contributed by atoms with Gasteiger partial charge < -0.3 is 0 Å². The predicted octanol–water partition coefficient (Wildman–Crippen LogP) is 1.38. The van der Waals surface area contributed by atoms with Crippen LogP contribution >= 0.6 is 15.9 Å². The Morgan fingerprint density at radius 2 is 2.38 bits per heavy atom. The molecule has 1 unspecified atom stereocenters. The third-order valence-corrected chi connectivity index (χ3v) is 2.79. The van der Waals surface area contributed by atoms with Crippen molar-refractivity contribution in [1.29, 1.82) is 0 Å². The van der Waals surface area contributed by atoms with E-state index < -0.39 is 0 Å². The molecule has 0 bridgehead atoms. The molecule has 0 aromatic carbocycles. The number of rotatable bonds is 0. The number of carbonyl (C=O) groups excluding carboxylic acids is 1. The zero-order valence-corrected chi connectivity index (χ0v) is 8.65. The van der Waals surface area contributed by atoms with Gasteiger partial charge in [0.25, 0.3) is 0 Å². The molecular formula is C9H8BrN2O+. The summed E-state index contributed by atoms with van der Waals surface area (Å²) >= 11 is 3.48. The number of nitrogens with zero attached hydrogens (tertiary/aromatic N) is 2. The molecule has 66 valence electrons. The standard InChI is InChI=1S/C9H8BrN2O/c1-12-5-8(10)6-2-3-11-4-7(6)9(12)13/h2-5,8H,1H3/q+1. The molecule has 1 aromatic heterocycles. The molecule has 0 spiro atoms. The molecule has 0 fully saturated rings. The third kappa shape index (κ3) is 1.31. The Hall–Kier alpha value is -1.03. The SMILES string of the molecule is C[N+]1=CC(Br)c2ccncc2C1=O. The predicted molar refractivity (Wildman–Crippen MR) is 52.5 cm³/mol. The fourth-order valence-electron chi connectivity index (χ4n) is 1.36. The van der Waals surface area contributed by atoms with Crippen LogP contribution in [0.2, 0.25) is 0 Å². The molecule has 0 saturated carbocycles. The van der Waals surface area contributed by atoms with Crippen LogP contribution in [0.15, 0.2) is 18.5 Å². The van der Waals surface area contributed by atoms with E-state index in [0.717, 1.165) is 5.56 Å². The minimum Gasteiger partial charge on any atom is -0.264 e. The van der Waals surface area contributed by atoms with Gasteiger partial charge in [-0.2, -0.15) is 4.58 Å². The Kier molecular flexibility index (Phi) is 2.00. The van der Waals surface area contributed by atoms with E-state index in [0.29, 0.717) is 5.56 Å². The van der Waals surface area contributed by atoms with E-state index in [-0.39, 0.29) is 10.7 Å². The van der Waals surface area contributed by atoms with Crippen LogP contribution in [0.5, 0.6) is 0 Å². The number of carbonyl (C=O) groups is 1. The molecule has 13 heavy (non-hydrogen) atoms. The first kappa shape index (κ1) is 8.56. The van der Waals surface area contributed by atoms with Crippen molar-refractivity contribution in [1.82, 2.24) is 4.98 Å². The van der Waals surface area contributed by atoms with E-state index in [2.05, 4.69) is 20.9 Å². The lowest BCUT2D eigenvalue weighted by Gasteiger charge is -2.11. The molecule has 1 aromatic rings. The molecule has 0 saturated heterocycles. The summed E-state index contributed by atoms with van der Waals surface area (Å²) in [6, 6.07) is 1.86. The Balaban J connectivity index is 2.62. The van der Waals surface area contributed by atoms with Gasteiger partial charge in [-0.25, -0.2) is 4.79 Å². The highest BCUT2D eigenvalue weighted by Crippen LogP contribution is 2.26. The molecule has 4 heteroatoms. The maximum atomic E-state index is 11.6. The molecule has 0 N–H and O–H groups in total. The summed E-state index contributed by atoms with van der Waals surface area (Å²) in [5.74, 6) is -0.00111. The summed E-state index contributed by atoms with van der Waals surface area (Å²) in [4.78, 5) is 15.6. The molecule has 1 atom stereocenters. The fourth-order valence-corrected chi connectivity index (χ4v) is 2.11. The molecule has 0 radical (unpaired) electrons. The summed E-state index contributed by atoms with van der Waals surface area (Å²) in [5, 5.41) is 0. The van der Waals surface area contributed by atoms with Gasteiger partial charge in [0.15, 0.2) is 6.21 Å². The highest BCUT2D eigenvalue weighted by atomic mass is 79.9. The van der Waals surface area contributed by atoms with Crippen LogP contribution < -0.4 is 0 Å². The zero-order chi connectivity index (χ0) is 9.42. The molecule has 1 aliphatic heterocycles. The number of hydrogen-bond donors (Lipinski definition) is 0. The lowest BCUT2D eigenvalue weighted by Crippen LogP contribution is -2.26. The maximum Gasteiger partial charge on any atom is 0.420 e. The first-order valence-corrected chi connectivity index (χ1v) is 4.82. The van der Waals surface area contributed by atoms with Crippen LogP contribution in [0.1, 0.15) is 20.7 Å². The monoisotopic (exact) mass is 239 g/mol. The van der Waals surface area contributed by atoms with E-state index >= 15 is 0 Å². The van der Waals surface area contributed by atoms with Gasteiger partial charge in [0.1, 0.15) is 17.4 Å². The average Bonchev–Trinajstić information content (AvgIpc) is 2.15. The summed E-state index contributed by atoms with van der Waals surface area (Å²) in [5.41, 5.74) is 1.66. The van der Waals surface area contributed by atoms with E-state index in [1.165, 1.54) is 0 Å². The fraction of sp³-hybridized carbons (Fsp3) is 0.222. The van der Waals surface area contributed by atoms with Gasteiger partial charge in [0.2, 0.25) is 0 Å².